The lowest BCUT2D eigenvalue weighted by Crippen LogP contribution is -2.27. The van der Waals surface area contributed by atoms with Crippen LogP contribution in [0.3, 0.4) is 0 Å². The van der Waals surface area contributed by atoms with Crippen molar-refractivity contribution in [3.63, 3.8) is 0 Å². The van der Waals surface area contributed by atoms with Crippen molar-refractivity contribution in [2.45, 2.75) is 45.2 Å². The van der Waals surface area contributed by atoms with Gasteiger partial charge >= 0.3 is 0 Å². The Morgan fingerprint density at radius 2 is 2.38 bits per heavy atom. The lowest BCUT2D eigenvalue weighted by Gasteiger charge is -2.11. The van der Waals surface area contributed by atoms with Gasteiger partial charge in [-0.25, -0.2) is 0 Å². The van der Waals surface area contributed by atoms with E-state index in [1.54, 1.807) is 0 Å². The first-order chi connectivity index (χ1) is 10.1. The highest BCUT2D eigenvalue weighted by Gasteiger charge is 2.17. The van der Waals surface area contributed by atoms with Gasteiger partial charge in [-0.2, -0.15) is 5.10 Å². The summed E-state index contributed by atoms with van der Waals surface area (Å²) in [5, 5.41) is 11.8. The van der Waals surface area contributed by atoms with Gasteiger partial charge in [0.1, 0.15) is 0 Å². The number of benzene rings is 1. The molecule has 5 nitrogen and oxygen atoms in total. The van der Waals surface area contributed by atoms with Crippen LogP contribution in [0.25, 0.3) is 10.9 Å². The molecule has 0 radical (unpaired) electrons. The third-order valence-corrected chi connectivity index (χ3v) is 3.97. The van der Waals surface area contributed by atoms with Crippen LogP contribution in [0.5, 0.6) is 0 Å². The van der Waals surface area contributed by atoms with Crippen LogP contribution < -0.4 is 10.6 Å². The van der Waals surface area contributed by atoms with E-state index in [2.05, 4.69) is 29.6 Å². The zero-order chi connectivity index (χ0) is 14.8. The number of carbonyl (C=O) groups is 1. The van der Waals surface area contributed by atoms with Crippen molar-refractivity contribution < 1.29 is 4.79 Å². The standard InChI is InChI=1S/C16H22N4O/c1-11(2)20-15-8-14(6-5-12(15)10-18-20)19-16(21)9-13-4-3-7-17-13/h5-6,8,10-11,13,17H,3-4,7,9H2,1-2H3,(H,19,21). The normalized spacial score (nSPS) is 18.5. The van der Waals surface area contributed by atoms with Crippen molar-refractivity contribution in [1.82, 2.24) is 15.1 Å². The van der Waals surface area contributed by atoms with Crippen molar-refractivity contribution in [2.75, 3.05) is 11.9 Å². The molecule has 1 saturated heterocycles. The number of hydrogen-bond acceptors (Lipinski definition) is 3. The predicted molar refractivity (Wildman–Crippen MR) is 84.4 cm³/mol. The number of anilines is 1. The van der Waals surface area contributed by atoms with Crippen LogP contribution in [0, 0.1) is 0 Å². The molecule has 5 heteroatoms. The second-order valence-electron chi connectivity index (χ2n) is 6.00. The monoisotopic (exact) mass is 286 g/mol. The van der Waals surface area contributed by atoms with Crippen LogP contribution in [0.2, 0.25) is 0 Å². The zero-order valence-electron chi connectivity index (χ0n) is 12.6. The minimum atomic E-state index is 0.0735. The lowest BCUT2D eigenvalue weighted by atomic mass is 10.1. The van der Waals surface area contributed by atoms with E-state index in [9.17, 15) is 4.79 Å². The Morgan fingerprint density at radius 1 is 1.52 bits per heavy atom. The van der Waals surface area contributed by atoms with E-state index in [1.807, 2.05) is 29.1 Å². The summed E-state index contributed by atoms with van der Waals surface area (Å²) in [4.78, 5) is 12.1. The maximum absolute atomic E-state index is 12.1. The van der Waals surface area contributed by atoms with E-state index in [0.717, 1.165) is 36.0 Å². The number of nitrogens with one attached hydrogen (secondary N) is 2. The van der Waals surface area contributed by atoms with Gasteiger partial charge in [-0.05, 0) is 51.4 Å². The van der Waals surface area contributed by atoms with Crippen molar-refractivity contribution >= 4 is 22.5 Å². The fourth-order valence-corrected chi connectivity index (χ4v) is 2.89. The highest BCUT2D eigenvalue weighted by molar-refractivity contribution is 5.93. The fraction of sp³-hybridized carbons (Fsp3) is 0.500. The van der Waals surface area contributed by atoms with E-state index in [0.29, 0.717) is 18.5 Å². The maximum Gasteiger partial charge on any atom is 0.225 e. The second kappa shape index (κ2) is 5.85. The summed E-state index contributed by atoms with van der Waals surface area (Å²) in [6, 6.07) is 6.58. The summed E-state index contributed by atoms with van der Waals surface area (Å²) in [5.74, 6) is 0.0735. The van der Waals surface area contributed by atoms with Crippen LogP contribution in [-0.2, 0) is 4.79 Å². The molecule has 1 aromatic heterocycles. The van der Waals surface area contributed by atoms with Crippen molar-refractivity contribution in [2.24, 2.45) is 0 Å². The number of hydrogen-bond donors (Lipinski definition) is 2. The minimum absolute atomic E-state index is 0.0735. The highest BCUT2D eigenvalue weighted by Crippen LogP contribution is 2.22. The highest BCUT2D eigenvalue weighted by atomic mass is 16.1. The average Bonchev–Trinajstić information content (AvgIpc) is 3.06. The number of amides is 1. The average molecular weight is 286 g/mol. The zero-order valence-corrected chi connectivity index (χ0v) is 12.6. The summed E-state index contributed by atoms with van der Waals surface area (Å²) in [7, 11) is 0. The quantitative estimate of drug-likeness (QED) is 0.908. The Balaban J connectivity index is 1.74. The fourth-order valence-electron chi connectivity index (χ4n) is 2.89. The van der Waals surface area contributed by atoms with Crippen LogP contribution in [0.4, 0.5) is 5.69 Å². The van der Waals surface area contributed by atoms with Crippen LogP contribution in [0.1, 0.15) is 39.2 Å². The van der Waals surface area contributed by atoms with Crippen molar-refractivity contribution in [3.8, 4) is 0 Å². The molecule has 1 aliphatic heterocycles. The molecule has 21 heavy (non-hydrogen) atoms. The van der Waals surface area contributed by atoms with Gasteiger partial charge in [-0.1, -0.05) is 0 Å². The minimum Gasteiger partial charge on any atom is -0.326 e. The number of rotatable bonds is 4. The van der Waals surface area contributed by atoms with Gasteiger partial charge in [-0.15, -0.1) is 0 Å². The van der Waals surface area contributed by atoms with Gasteiger partial charge in [-0.3, -0.25) is 9.48 Å². The van der Waals surface area contributed by atoms with Crippen LogP contribution in [-0.4, -0.2) is 28.3 Å². The lowest BCUT2D eigenvalue weighted by molar-refractivity contribution is -0.116. The largest absolute Gasteiger partial charge is 0.326 e. The SMILES string of the molecule is CC(C)n1ncc2ccc(NC(=O)CC3CCCN3)cc21. The molecule has 2 heterocycles. The molecule has 1 amide bonds. The summed E-state index contributed by atoms with van der Waals surface area (Å²) in [5.41, 5.74) is 1.90. The Labute approximate surface area is 124 Å². The molecule has 112 valence electrons. The summed E-state index contributed by atoms with van der Waals surface area (Å²) >= 11 is 0. The predicted octanol–water partition coefficient (Wildman–Crippen LogP) is 2.70. The van der Waals surface area contributed by atoms with Crippen molar-refractivity contribution in [1.29, 1.82) is 0 Å². The van der Waals surface area contributed by atoms with Gasteiger partial charge in [0.15, 0.2) is 0 Å². The van der Waals surface area contributed by atoms with Gasteiger partial charge in [0, 0.05) is 29.6 Å². The molecule has 2 aromatic rings. The van der Waals surface area contributed by atoms with Crippen LogP contribution in [0.15, 0.2) is 24.4 Å². The molecule has 3 rings (SSSR count). The third-order valence-electron chi connectivity index (χ3n) is 3.97. The molecule has 0 spiro atoms. The van der Waals surface area contributed by atoms with E-state index in [1.165, 1.54) is 0 Å². The summed E-state index contributed by atoms with van der Waals surface area (Å²) in [6.45, 7) is 5.23. The molecular weight excluding hydrogens is 264 g/mol. The first-order valence-corrected chi connectivity index (χ1v) is 7.64. The Kier molecular flexibility index (Phi) is 3.92. The molecule has 0 bridgehead atoms. The van der Waals surface area contributed by atoms with Crippen molar-refractivity contribution in [3.05, 3.63) is 24.4 Å². The molecule has 1 aromatic carbocycles. The van der Waals surface area contributed by atoms with E-state index in [4.69, 9.17) is 0 Å². The Hall–Kier alpha value is -1.88. The summed E-state index contributed by atoms with van der Waals surface area (Å²) < 4.78 is 1.98. The molecular formula is C16H22N4O. The maximum atomic E-state index is 12.1. The second-order valence-corrected chi connectivity index (χ2v) is 6.00. The molecule has 0 saturated carbocycles. The molecule has 1 unspecified atom stereocenters. The number of aromatic nitrogens is 2. The number of nitrogens with zero attached hydrogens (tertiary/aromatic N) is 2. The first kappa shape index (κ1) is 14.1. The molecule has 2 N–H and O–H groups in total. The topological polar surface area (TPSA) is 59.0 Å². The van der Waals surface area contributed by atoms with Gasteiger partial charge < -0.3 is 10.6 Å². The third kappa shape index (κ3) is 3.08. The van der Waals surface area contributed by atoms with E-state index in [-0.39, 0.29) is 5.91 Å². The van der Waals surface area contributed by atoms with Crippen LogP contribution >= 0.6 is 0 Å². The number of carbonyl (C=O) groups excluding carboxylic acids is 1. The molecule has 0 aliphatic carbocycles. The molecule has 1 fully saturated rings. The van der Waals surface area contributed by atoms with E-state index >= 15 is 0 Å². The van der Waals surface area contributed by atoms with Gasteiger partial charge in [0.25, 0.3) is 0 Å². The first-order valence-electron chi connectivity index (χ1n) is 7.64. The Bertz CT molecular complexity index is 641. The molecule has 1 aliphatic rings. The number of fused-ring (bicyclic) bond motifs is 1. The van der Waals surface area contributed by atoms with Gasteiger partial charge in [0.2, 0.25) is 5.91 Å². The van der Waals surface area contributed by atoms with E-state index < -0.39 is 0 Å². The summed E-state index contributed by atoms with van der Waals surface area (Å²) in [6.07, 6.45) is 4.66. The smallest absolute Gasteiger partial charge is 0.225 e. The van der Waals surface area contributed by atoms with Gasteiger partial charge in [0.05, 0.1) is 11.7 Å². The Morgan fingerprint density at radius 3 is 3.10 bits per heavy atom. The molecule has 1 atom stereocenters.